The lowest BCUT2D eigenvalue weighted by molar-refractivity contribution is 0.313. The van der Waals surface area contributed by atoms with Crippen LogP contribution in [0.5, 0.6) is 0 Å². The topological polar surface area (TPSA) is 103 Å². The van der Waals surface area contributed by atoms with Gasteiger partial charge in [0.15, 0.2) is 5.65 Å². The number of aryl methyl sites for hydroxylation is 1. The SMILES string of the molecule is Cc1cccc(Cl)c1-n1c(=O)[nH]c2nc(Nc3ccc4c(c3)CN(C)CC4)ncc2c1=N. The molecule has 0 bridgehead atoms. The van der Waals surface area contributed by atoms with Crippen molar-refractivity contribution < 1.29 is 0 Å². The first-order valence-electron chi connectivity index (χ1n) is 10.3. The van der Waals surface area contributed by atoms with Crippen molar-refractivity contribution >= 4 is 34.3 Å². The highest BCUT2D eigenvalue weighted by Crippen LogP contribution is 2.24. The van der Waals surface area contributed by atoms with Gasteiger partial charge in [-0.25, -0.2) is 14.3 Å². The fourth-order valence-corrected chi connectivity index (χ4v) is 4.42. The van der Waals surface area contributed by atoms with Crippen LogP contribution in [-0.2, 0) is 13.0 Å². The van der Waals surface area contributed by atoms with Crippen LogP contribution in [0.2, 0.25) is 5.02 Å². The number of halogens is 1. The van der Waals surface area contributed by atoms with Gasteiger partial charge in [-0.1, -0.05) is 29.8 Å². The monoisotopic (exact) mass is 447 g/mol. The van der Waals surface area contributed by atoms with Gasteiger partial charge in [-0.15, -0.1) is 0 Å². The highest BCUT2D eigenvalue weighted by molar-refractivity contribution is 6.32. The van der Waals surface area contributed by atoms with Crippen LogP contribution in [0.25, 0.3) is 16.7 Å². The normalized spacial score (nSPS) is 13.8. The molecule has 4 aromatic rings. The summed E-state index contributed by atoms with van der Waals surface area (Å²) < 4.78 is 1.25. The Morgan fingerprint density at radius 2 is 2.06 bits per heavy atom. The summed E-state index contributed by atoms with van der Waals surface area (Å²) >= 11 is 6.33. The molecule has 0 amide bonds. The molecular weight excluding hydrogens is 426 g/mol. The van der Waals surface area contributed by atoms with E-state index in [2.05, 4.69) is 44.3 Å². The average Bonchev–Trinajstić information content (AvgIpc) is 2.75. The van der Waals surface area contributed by atoms with Crippen molar-refractivity contribution in [2.75, 3.05) is 18.9 Å². The van der Waals surface area contributed by atoms with Gasteiger partial charge in [0.1, 0.15) is 5.49 Å². The number of aromatic nitrogens is 4. The quantitative estimate of drug-likeness (QED) is 0.447. The molecule has 9 heteroatoms. The predicted molar refractivity (Wildman–Crippen MR) is 125 cm³/mol. The number of hydrogen-bond acceptors (Lipinski definition) is 6. The molecule has 2 aromatic heterocycles. The van der Waals surface area contributed by atoms with E-state index in [9.17, 15) is 4.79 Å². The standard InChI is InChI=1S/C23H22ClN7O/c1-13-4-3-5-18(24)19(13)31-20(25)17-11-26-22(28-21(17)29-23(31)32)27-16-7-6-14-8-9-30(2)12-15(14)10-16/h3-7,10-11,25H,8-9,12H2,1-2H3,(H2,26,27,28,29,32). The molecule has 0 fully saturated rings. The molecule has 3 heterocycles. The van der Waals surface area contributed by atoms with Crippen LogP contribution in [0.4, 0.5) is 11.6 Å². The molecule has 0 unspecified atom stereocenters. The molecule has 0 saturated heterocycles. The van der Waals surface area contributed by atoms with Crippen LogP contribution in [-0.4, -0.2) is 38.0 Å². The maximum atomic E-state index is 12.9. The second kappa shape index (κ2) is 7.89. The van der Waals surface area contributed by atoms with Crippen molar-refractivity contribution in [3.8, 4) is 5.69 Å². The zero-order valence-electron chi connectivity index (χ0n) is 17.7. The summed E-state index contributed by atoms with van der Waals surface area (Å²) in [6, 6.07) is 11.6. The Balaban J connectivity index is 1.54. The van der Waals surface area contributed by atoms with Gasteiger partial charge >= 0.3 is 5.69 Å². The molecule has 1 aliphatic heterocycles. The van der Waals surface area contributed by atoms with Crippen molar-refractivity contribution in [1.29, 1.82) is 5.41 Å². The fraction of sp³-hybridized carbons (Fsp3) is 0.217. The second-order valence-electron chi connectivity index (χ2n) is 8.07. The van der Waals surface area contributed by atoms with E-state index in [1.165, 1.54) is 21.9 Å². The van der Waals surface area contributed by atoms with Gasteiger partial charge in [-0.3, -0.25) is 10.4 Å². The summed E-state index contributed by atoms with van der Waals surface area (Å²) in [5, 5.41) is 12.6. The number of nitrogens with one attached hydrogen (secondary N) is 3. The Kier molecular flexibility index (Phi) is 5.03. The molecular formula is C23H22ClN7O. The minimum absolute atomic E-state index is 0.0247. The Hall–Kier alpha value is -3.49. The number of anilines is 2. The highest BCUT2D eigenvalue weighted by Gasteiger charge is 2.15. The number of hydrogen-bond donors (Lipinski definition) is 3. The molecule has 0 aliphatic carbocycles. The predicted octanol–water partition coefficient (Wildman–Crippen LogP) is 3.28. The molecule has 0 atom stereocenters. The Morgan fingerprint density at radius 3 is 2.88 bits per heavy atom. The Bertz CT molecular complexity index is 1450. The van der Waals surface area contributed by atoms with E-state index in [0.717, 1.165) is 30.8 Å². The van der Waals surface area contributed by atoms with Gasteiger partial charge in [-0.2, -0.15) is 4.98 Å². The lowest BCUT2D eigenvalue weighted by atomic mass is 9.99. The zero-order chi connectivity index (χ0) is 22.4. The largest absolute Gasteiger partial charge is 0.333 e. The van der Waals surface area contributed by atoms with E-state index < -0.39 is 5.69 Å². The molecule has 8 nitrogen and oxygen atoms in total. The first-order chi connectivity index (χ1) is 15.4. The molecule has 0 spiro atoms. The number of para-hydroxylation sites is 1. The first-order valence-corrected chi connectivity index (χ1v) is 10.7. The Morgan fingerprint density at radius 1 is 1.22 bits per heavy atom. The summed E-state index contributed by atoms with van der Waals surface area (Å²) in [5.74, 6) is 0.350. The van der Waals surface area contributed by atoms with E-state index >= 15 is 0 Å². The lowest BCUT2D eigenvalue weighted by Crippen LogP contribution is -2.34. The molecule has 5 rings (SSSR count). The summed E-state index contributed by atoms with van der Waals surface area (Å²) in [6.07, 6.45) is 2.58. The number of rotatable bonds is 3. The van der Waals surface area contributed by atoms with E-state index in [4.69, 9.17) is 17.0 Å². The minimum atomic E-state index is -0.486. The van der Waals surface area contributed by atoms with Crippen LogP contribution >= 0.6 is 11.6 Å². The van der Waals surface area contributed by atoms with Gasteiger partial charge in [0, 0.05) is 25.0 Å². The van der Waals surface area contributed by atoms with Crippen molar-refractivity contribution in [3.05, 3.63) is 80.3 Å². The third-order valence-electron chi connectivity index (χ3n) is 5.77. The van der Waals surface area contributed by atoms with Gasteiger partial charge in [-0.05, 0) is 55.3 Å². The maximum absolute atomic E-state index is 12.9. The number of nitrogens with zero attached hydrogens (tertiary/aromatic N) is 4. The number of likely N-dealkylation sites (N-methyl/N-ethyl adjacent to an activating group) is 1. The van der Waals surface area contributed by atoms with Gasteiger partial charge < -0.3 is 10.2 Å². The molecule has 32 heavy (non-hydrogen) atoms. The van der Waals surface area contributed by atoms with Crippen molar-refractivity contribution in [3.63, 3.8) is 0 Å². The average molecular weight is 448 g/mol. The molecule has 0 saturated carbocycles. The third kappa shape index (κ3) is 3.57. The third-order valence-corrected chi connectivity index (χ3v) is 6.08. The molecule has 2 aromatic carbocycles. The van der Waals surface area contributed by atoms with E-state index in [1.807, 2.05) is 19.1 Å². The minimum Gasteiger partial charge on any atom is -0.324 e. The summed E-state index contributed by atoms with van der Waals surface area (Å²) in [6.45, 7) is 3.81. The fourth-order valence-electron chi connectivity index (χ4n) is 4.11. The van der Waals surface area contributed by atoms with E-state index in [-0.39, 0.29) is 11.1 Å². The van der Waals surface area contributed by atoms with E-state index in [0.29, 0.717) is 22.0 Å². The van der Waals surface area contributed by atoms with Gasteiger partial charge in [0.2, 0.25) is 5.95 Å². The lowest BCUT2D eigenvalue weighted by Gasteiger charge is -2.25. The number of H-pyrrole nitrogens is 1. The van der Waals surface area contributed by atoms with Crippen molar-refractivity contribution in [2.45, 2.75) is 19.9 Å². The molecule has 0 radical (unpaired) electrons. The highest BCUT2D eigenvalue weighted by atomic mass is 35.5. The van der Waals surface area contributed by atoms with Gasteiger partial charge in [0.05, 0.1) is 16.1 Å². The molecule has 162 valence electrons. The van der Waals surface area contributed by atoms with Crippen LogP contribution in [0.1, 0.15) is 16.7 Å². The molecule has 1 aliphatic rings. The second-order valence-corrected chi connectivity index (χ2v) is 8.48. The van der Waals surface area contributed by atoms with Crippen LogP contribution in [0.15, 0.2) is 47.4 Å². The van der Waals surface area contributed by atoms with Gasteiger partial charge in [0.25, 0.3) is 0 Å². The number of aromatic amines is 1. The van der Waals surface area contributed by atoms with E-state index in [1.54, 1.807) is 12.1 Å². The van der Waals surface area contributed by atoms with Crippen molar-refractivity contribution in [2.24, 2.45) is 0 Å². The van der Waals surface area contributed by atoms with Crippen LogP contribution < -0.4 is 16.5 Å². The van der Waals surface area contributed by atoms with Crippen LogP contribution in [0.3, 0.4) is 0 Å². The summed E-state index contributed by atoms with van der Waals surface area (Å²) in [7, 11) is 2.11. The van der Waals surface area contributed by atoms with Crippen molar-refractivity contribution in [1.82, 2.24) is 24.4 Å². The Labute approximate surface area is 189 Å². The summed E-state index contributed by atoms with van der Waals surface area (Å²) in [4.78, 5) is 26.7. The first kappa shape index (κ1) is 20.4. The zero-order valence-corrected chi connectivity index (χ0v) is 18.5. The van der Waals surface area contributed by atoms with Crippen LogP contribution in [0, 0.1) is 12.3 Å². The number of fused-ring (bicyclic) bond motifs is 2. The summed E-state index contributed by atoms with van der Waals surface area (Å²) in [5.41, 5.74) is 4.56. The maximum Gasteiger partial charge on any atom is 0.333 e. The number of benzene rings is 2. The molecule has 3 N–H and O–H groups in total. The smallest absolute Gasteiger partial charge is 0.324 e.